The number of hydrogen-bond acceptors (Lipinski definition) is 5. The van der Waals surface area contributed by atoms with Crippen LogP contribution in [0, 0.1) is 16.7 Å². The quantitative estimate of drug-likeness (QED) is 0.836. The van der Waals surface area contributed by atoms with Crippen LogP contribution in [0.3, 0.4) is 0 Å². The summed E-state index contributed by atoms with van der Waals surface area (Å²) in [6.45, 7) is 3.56. The van der Waals surface area contributed by atoms with Crippen LogP contribution in [0.25, 0.3) is 0 Å². The first-order valence-electron chi connectivity index (χ1n) is 6.05. The number of Topliss-reactive ketones (excluding diaryl/α,β-unsaturated/α-hetero) is 1. The molecule has 0 fully saturated rings. The van der Waals surface area contributed by atoms with Gasteiger partial charge in [-0.1, -0.05) is 25.4 Å². The number of halogens is 1. The molecule has 20 heavy (non-hydrogen) atoms. The van der Waals surface area contributed by atoms with Crippen LogP contribution in [0.15, 0.2) is 24.0 Å². The van der Waals surface area contributed by atoms with E-state index < -0.39 is 11.0 Å². The number of carbonyl (C=O) groups is 1. The highest BCUT2D eigenvalue weighted by atomic mass is 35.5. The van der Waals surface area contributed by atoms with Gasteiger partial charge in [0.05, 0.1) is 10.6 Å². The molecule has 0 spiro atoms. The highest BCUT2D eigenvalue weighted by molar-refractivity contribution is 6.30. The summed E-state index contributed by atoms with van der Waals surface area (Å²) in [4.78, 5) is 20.5. The Hall–Kier alpha value is -1.77. The zero-order chi connectivity index (χ0) is 15.0. The fourth-order valence-corrected chi connectivity index (χ4v) is 2.53. The SMILES string of the molecule is CO[C@]1(c2ncc(Cl)cn2)C=C(C#N)C(=O)C(C)(C)C1. The van der Waals surface area contributed by atoms with Gasteiger partial charge in [-0.05, 0) is 12.5 Å². The Balaban J connectivity index is 2.61. The molecule has 0 bridgehead atoms. The zero-order valence-corrected chi connectivity index (χ0v) is 12.2. The van der Waals surface area contributed by atoms with Crippen molar-refractivity contribution in [2.24, 2.45) is 5.41 Å². The highest BCUT2D eigenvalue weighted by Gasteiger charge is 2.48. The Labute approximate surface area is 122 Å². The molecule has 1 aliphatic rings. The molecule has 2 rings (SSSR count). The lowest BCUT2D eigenvalue weighted by Crippen LogP contribution is -2.43. The van der Waals surface area contributed by atoms with Crippen LogP contribution in [0.4, 0.5) is 0 Å². The fraction of sp³-hybridized carbons (Fsp3) is 0.429. The van der Waals surface area contributed by atoms with Crippen LogP contribution in [-0.2, 0) is 15.1 Å². The first kappa shape index (κ1) is 14.6. The summed E-state index contributed by atoms with van der Waals surface area (Å²) in [7, 11) is 1.51. The van der Waals surface area contributed by atoms with Crippen LogP contribution in [0.2, 0.25) is 5.02 Å². The number of carbonyl (C=O) groups excluding carboxylic acids is 1. The number of ketones is 1. The number of aromatic nitrogens is 2. The van der Waals surface area contributed by atoms with E-state index in [4.69, 9.17) is 21.6 Å². The Morgan fingerprint density at radius 2 is 2.00 bits per heavy atom. The monoisotopic (exact) mass is 291 g/mol. The Morgan fingerprint density at radius 3 is 2.50 bits per heavy atom. The molecule has 1 heterocycles. The Kier molecular flexibility index (Phi) is 3.63. The maximum absolute atomic E-state index is 12.2. The number of hydrogen-bond donors (Lipinski definition) is 0. The summed E-state index contributed by atoms with van der Waals surface area (Å²) in [6.07, 6.45) is 4.80. The third kappa shape index (κ3) is 2.33. The average molecular weight is 292 g/mol. The predicted octanol–water partition coefficient (Wildman–Crippen LogP) is 2.42. The van der Waals surface area contributed by atoms with Gasteiger partial charge < -0.3 is 4.74 Å². The van der Waals surface area contributed by atoms with Crippen molar-refractivity contribution >= 4 is 17.4 Å². The minimum Gasteiger partial charge on any atom is -0.366 e. The van der Waals surface area contributed by atoms with Gasteiger partial charge in [-0.2, -0.15) is 5.26 Å². The topological polar surface area (TPSA) is 75.9 Å². The maximum Gasteiger partial charge on any atom is 0.178 e. The van der Waals surface area contributed by atoms with Crippen molar-refractivity contribution in [3.8, 4) is 6.07 Å². The Morgan fingerprint density at radius 1 is 1.40 bits per heavy atom. The zero-order valence-electron chi connectivity index (χ0n) is 11.5. The average Bonchev–Trinajstić information content (AvgIpc) is 2.42. The third-order valence-electron chi connectivity index (χ3n) is 3.42. The van der Waals surface area contributed by atoms with Crippen molar-refractivity contribution in [1.29, 1.82) is 5.26 Å². The molecule has 0 radical (unpaired) electrons. The largest absolute Gasteiger partial charge is 0.366 e. The van der Waals surface area contributed by atoms with Crippen molar-refractivity contribution in [1.82, 2.24) is 9.97 Å². The normalized spacial score (nSPS) is 24.9. The van der Waals surface area contributed by atoms with E-state index in [0.29, 0.717) is 17.3 Å². The van der Waals surface area contributed by atoms with Crippen LogP contribution < -0.4 is 0 Å². The number of allylic oxidation sites excluding steroid dienone is 1. The second kappa shape index (κ2) is 4.97. The molecule has 1 aromatic rings. The molecular weight excluding hydrogens is 278 g/mol. The van der Waals surface area contributed by atoms with Gasteiger partial charge in [0, 0.05) is 24.9 Å². The summed E-state index contributed by atoms with van der Waals surface area (Å²) in [6, 6.07) is 1.93. The molecule has 6 heteroatoms. The van der Waals surface area contributed by atoms with E-state index in [0.717, 1.165) is 0 Å². The first-order chi connectivity index (χ1) is 9.34. The van der Waals surface area contributed by atoms with Crippen molar-refractivity contribution in [2.45, 2.75) is 25.9 Å². The molecule has 5 nitrogen and oxygen atoms in total. The van der Waals surface area contributed by atoms with Gasteiger partial charge in [0.25, 0.3) is 0 Å². The van der Waals surface area contributed by atoms with Crippen LogP contribution in [0.5, 0.6) is 0 Å². The first-order valence-corrected chi connectivity index (χ1v) is 6.43. The predicted molar refractivity (Wildman–Crippen MR) is 72.8 cm³/mol. The number of methoxy groups -OCH3 is 1. The standard InChI is InChI=1S/C14H14ClN3O2/c1-13(2)8-14(20-3,4-9(5-16)11(13)19)12-17-6-10(15)7-18-12/h4,6-7H,8H2,1-3H3/t14-/m1/s1. The summed E-state index contributed by atoms with van der Waals surface area (Å²) in [5.74, 6) is 0.194. The van der Waals surface area contributed by atoms with Crippen molar-refractivity contribution < 1.29 is 9.53 Å². The summed E-state index contributed by atoms with van der Waals surface area (Å²) in [5.41, 5.74) is -1.65. The second-order valence-corrected chi connectivity index (χ2v) is 5.81. The van der Waals surface area contributed by atoms with Gasteiger partial charge in [0.15, 0.2) is 11.6 Å². The smallest absolute Gasteiger partial charge is 0.178 e. The van der Waals surface area contributed by atoms with Crippen molar-refractivity contribution in [3.63, 3.8) is 0 Å². The van der Waals surface area contributed by atoms with Gasteiger partial charge in [0.2, 0.25) is 0 Å². The Bertz CT molecular complexity index is 616. The minimum atomic E-state index is -0.993. The van der Waals surface area contributed by atoms with Gasteiger partial charge in [-0.25, -0.2) is 9.97 Å². The third-order valence-corrected chi connectivity index (χ3v) is 3.62. The van der Waals surface area contributed by atoms with E-state index in [9.17, 15) is 4.79 Å². The van der Waals surface area contributed by atoms with E-state index in [2.05, 4.69) is 9.97 Å². The van der Waals surface area contributed by atoms with Gasteiger partial charge in [0.1, 0.15) is 11.7 Å². The number of nitrogens with zero attached hydrogens (tertiary/aromatic N) is 3. The lowest BCUT2D eigenvalue weighted by Gasteiger charge is -2.38. The summed E-state index contributed by atoms with van der Waals surface area (Å²) < 4.78 is 5.57. The molecule has 0 saturated carbocycles. The van der Waals surface area contributed by atoms with E-state index in [1.807, 2.05) is 6.07 Å². The molecule has 1 aromatic heterocycles. The molecule has 0 saturated heterocycles. The molecule has 1 atom stereocenters. The van der Waals surface area contributed by atoms with Crippen molar-refractivity contribution in [2.75, 3.05) is 7.11 Å². The molecule has 0 amide bonds. The number of rotatable bonds is 2. The van der Waals surface area contributed by atoms with Gasteiger partial charge in [-0.15, -0.1) is 0 Å². The van der Waals surface area contributed by atoms with Gasteiger partial charge >= 0.3 is 0 Å². The molecular formula is C14H14ClN3O2. The van der Waals surface area contributed by atoms with E-state index in [1.54, 1.807) is 13.8 Å². The van der Waals surface area contributed by atoms with Crippen LogP contribution >= 0.6 is 11.6 Å². The number of nitriles is 1. The fourth-order valence-electron chi connectivity index (χ4n) is 2.43. The number of ether oxygens (including phenoxy) is 1. The van der Waals surface area contributed by atoms with E-state index in [-0.39, 0.29) is 11.4 Å². The van der Waals surface area contributed by atoms with Crippen LogP contribution in [-0.4, -0.2) is 22.9 Å². The molecule has 0 N–H and O–H groups in total. The van der Waals surface area contributed by atoms with E-state index in [1.165, 1.54) is 25.6 Å². The summed E-state index contributed by atoms with van der Waals surface area (Å²) >= 11 is 5.79. The van der Waals surface area contributed by atoms with Crippen LogP contribution in [0.1, 0.15) is 26.1 Å². The molecule has 1 aliphatic carbocycles. The molecule has 0 unspecified atom stereocenters. The highest BCUT2D eigenvalue weighted by Crippen LogP contribution is 2.43. The lowest BCUT2D eigenvalue weighted by molar-refractivity contribution is -0.129. The molecule has 104 valence electrons. The van der Waals surface area contributed by atoms with E-state index >= 15 is 0 Å². The lowest BCUT2D eigenvalue weighted by atomic mass is 9.69. The van der Waals surface area contributed by atoms with Gasteiger partial charge in [-0.3, -0.25) is 4.79 Å². The van der Waals surface area contributed by atoms with Crippen molar-refractivity contribution in [3.05, 3.63) is 34.9 Å². The maximum atomic E-state index is 12.2. The molecule has 0 aromatic carbocycles. The summed E-state index contributed by atoms with van der Waals surface area (Å²) in [5, 5.41) is 9.57. The molecule has 0 aliphatic heterocycles. The minimum absolute atomic E-state index is 0.0710. The second-order valence-electron chi connectivity index (χ2n) is 5.38.